The van der Waals surface area contributed by atoms with Gasteiger partial charge in [0.05, 0.1) is 26.8 Å². The van der Waals surface area contributed by atoms with Crippen molar-refractivity contribution in [3.05, 3.63) is 73.8 Å². The molecule has 0 radical (unpaired) electrons. The maximum Gasteiger partial charge on any atom is 0.278 e. The van der Waals surface area contributed by atoms with Crippen LogP contribution < -0.4 is 4.90 Å². The van der Waals surface area contributed by atoms with Gasteiger partial charge in [0.2, 0.25) is 5.91 Å². The van der Waals surface area contributed by atoms with Crippen LogP contribution in [-0.4, -0.2) is 35.1 Å². The molecule has 0 aliphatic carbocycles. The first kappa shape index (κ1) is 16.2. The number of hydrogen-bond acceptors (Lipinski definition) is 6. The van der Waals surface area contributed by atoms with E-state index in [1.165, 1.54) is 48.3 Å². The van der Waals surface area contributed by atoms with Crippen molar-refractivity contribution in [3.8, 4) is 0 Å². The number of likely N-dealkylation sites (N-methyl/N-ethyl adjacent to an activating group) is 1. The number of nitro benzene ring substituents is 2. The van der Waals surface area contributed by atoms with Crippen molar-refractivity contribution in [2.45, 2.75) is 0 Å². The third-order valence-electron chi connectivity index (χ3n) is 3.91. The van der Waals surface area contributed by atoms with E-state index in [2.05, 4.69) is 4.99 Å². The summed E-state index contributed by atoms with van der Waals surface area (Å²) < 4.78 is 0. The summed E-state index contributed by atoms with van der Waals surface area (Å²) in [6.45, 7) is -0.208. The van der Waals surface area contributed by atoms with Gasteiger partial charge in [0.1, 0.15) is 6.54 Å². The third-order valence-corrected chi connectivity index (χ3v) is 3.91. The van der Waals surface area contributed by atoms with Crippen LogP contribution in [0.15, 0.2) is 47.5 Å². The van der Waals surface area contributed by atoms with E-state index in [0.717, 1.165) is 0 Å². The second kappa shape index (κ2) is 6.11. The Hall–Kier alpha value is -3.62. The van der Waals surface area contributed by atoms with E-state index in [1.54, 1.807) is 6.07 Å². The minimum absolute atomic E-state index is 0.184. The van der Waals surface area contributed by atoms with Crippen LogP contribution in [-0.2, 0) is 4.79 Å². The van der Waals surface area contributed by atoms with Gasteiger partial charge in [-0.25, -0.2) is 0 Å². The zero-order valence-electron chi connectivity index (χ0n) is 13.1. The zero-order chi connectivity index (χ0) is 18.1. The number of anilines is 1. The minimum Gasteiger partial charge on any atom is -0.313 e. The van der Waals surface area contributed by atoms with Crippen LogP contribution in [0.25, 0.3) is 0 Å². The number of carbonyl (C=O) groups is 1. The largest absolute Gasteiger partial charge is 0.313 e. The van der Waals surface area contributed by atoms with Gasteiger partial charge >= 0.3 is 0 Å². The summed E-state index contributed by atoms with van der Waals surface area (Å²) in [4.78, 5) is 39.0. The molecule has 0 atom stereocenters. The molecule has 1 aliphatic rings. The number of benzene rings is 2. The molecule has 0 fully saturated rings. The maximum absolute atomic E-state index is 12.1. The van der Waals surface area contributed by atoms with Crippen LogP contribution in [0.3, 0.4) is 0 Å². The molecule has 126 valence electrons. The van der Waals surface area contributed by atoms with Gasteiger partial charge in [-0.1, -0.05) is 12.1 Å². The summed E-state index contributed by atoms with van der Waals surface area (Å²) in [6, 6.07) is 9.97. The average Bonchev–Trinajstić information content (AvgIpc) is 2.72. The van der Waals surface area contributed by atoms with Crippen molar-refractivity contribution >= 4 is 28.7 Å². The van der Waals surface area contributed by atoms with Gasteiger partial charge in [0.15, 0.2) is 0 Å². The summed E-state index contributed by atoms with van der Waals surface area (Å²) in [5.74, 6) is -0.316. The van der Waals surface area contributed by atoms with Crippen molar-refractivity contribution in [2.75, 3.05) is 18.5 Å². The molecule has 1 heterocycles. The highest BCUT2D eigenvalue weighted by Crippen LogP contribution is 2.32. The number of para-hydroxylation sites is 1. The molecular formula is C16H12N4O5. The molecular weight excluding hydrogens is 328 g/mol. The molecule has 1 amide bonds. The van der Waals surface area contributed by atoms with Gasteiger partial charge in [0, 0.05) is 30.8 Å². The average molecular weight is 340 g/mol. The van der Waals surface area contributed by atoms with E-state index >= 15 is 0 Å². The standard InChI is InChI=1S/C16H12N4O5/c1-18-13-7-6-10(19(22)23)8-12(13)16(17-9-15(18)21)11-4-2-3-5-14(11)20(24)25/h2-8H,9H2,1H3. The quantitative estimate of drug-likeness (QED) is 0.627. The number of fused-ring (bicyclic) bond motifs is 1. The van der Waals surface area contributed by atoms with Crippen molar-refractivity contribution < 1.29 is 14.6 Å². The molecule has 0 unspecified atom stereocenters. The topological polar surface area (TPSA) is 119 Å². The molecule has 1 aliphatic heterocycles. The van der Waals surface area contributed by atoms with E-state index in [0.29, 0.717) is 11.3 Å². The Morgan fingerprint density at radius 1 is 1.04 bits per heavy atom. The Bertz CT molecular complexity index is 938. The Balaban J connectivity index is 2.30. The van der Waals surface area contributed by atoms with Gasteiger partial charge < -0.3 is 4.90 Å². The fraction of sp³-hybridized carbons (Fsp3) is 0.125. The Morgan fingerprint density at radius 3 is 2.44 bits per heavy atom. The van der Waals surface area contributed by atoms with Gasteiger partial charge in [-0.15, -0.1) is 0 Å². The molecule has 2 aromatic carbocycles. The van der Waals surface area contributed by atoms with Crippen molar-refractivity contribution in [3.63, 3.8) is 0 Å². The minimum atomic E-state index is -0.565. The predicted octanol–water partition coefficient (Wildman–Crippen LogP) is 2.32. The van der Waals surface area contributed by atoms with E-state index in [9.17, 15) is 25.0 Å². The summed E-state index contributed by atoms with van der Waals surface area (Å²) >= 11 is 0. The summed E-state index contributed by atoms with van der Waals surface area (Å²) in [6.07, 6.45) is 0. The predicted molar refractivity (Wildman–Crippen MR) is 90.1 cm³/mol. The SMILES string of the molecule is CN1C(=O)CN=C(c2ccccc2[N+](=O)[O-])c2cc([N+](=O)[O-])ccc21. The summed E-state index contributed by atoms with van der Waals surface area (Å²) in [5, 5.41) is 22.4. The molecule has 3 rings (SSSR count). The van der Waals surface area contributed by atoms with E-state index in [1.807, 2.05) is 0 Å². The third kappa shape index (κ3) is 2.82. The lowest BCUT2D eigenvalue weighted by Gasteiger charge is -2.17. The van der Waals surface area contributed by atoms with Crippen LogP contribution in [0.1, 0.15) is 11.1 Å². The fourth-order valence-electron chi connectivity index (χ4n) is 2.66. The zero-order valence-corrected chi connectivity index (χ0v) is 13.1. The number of rotatable bonds is 3. The van der Waals surface area contributed by atoms with Gasteiger partial charge in [-0.05, 0) is 12.1 Å². The van der Waals surface area contributed by atoms with Crippen LogP contribution >= 0.6 is 0 Å². The lowest BCUT2D eigenvalue weighted by Crippen LogP contribution is -2.27. The molecule has 2 aromatic rings. The Labute approximate surface area is 141 Å². The summed E-state index contributed by atoms with van der Waals surface area (Å²) in [5.41, 5.74) is 0.728. The molecule has 0 spiro atoms. The lowest BCUT2D eigenvalue weighted by molar-refractivity contribution is -0.385. The maximum atomic E-state index is 12.1. The normalized spacial score (nSPS) is 13.7. The van der Waals surface area contributed by atoms with Crippen LogP contribution in [0.2, 0.25) is 0 Å². The van der Waals surface area contributed by atoms with Crippen LogP contribution in [0, 0.1) is 20.2 Å². The summed E-state index contributed by atoms with van der Waals surface area (Å²) in [7, 11) is 1.53. The van der Waals surface area contributed by atoms with E-state index in [4.69, 9.17) is 0 Å². The molecule has 0 saturated carbocycles. The number of carbonyl (C=O) groups excluding carboxylic acids is 1. The first-order chi connectivity index (χ1) is 11.9. The lowest BCUT2D eigenvalue weighted by atomic mass is 9.98. The van der Waals surface area contributed by atoms with E-state index in [-0.39, 0.29) is 35.1 Å². The molecule has 0 saturated heterocycles. The van der Waals surface area contributed by atoms with Crippen LogP contribution in [0.5, 0.6) is 0 Å². The molecule has 0 N–H and O–H groups in total. The number of amides is 1. The smallest absolute Gasteiger partial charge is 0.278 e. The van der Waals surface area contributed by atoms with Crippen LogP contribution in [0.4, 0.5) is 17.1 Å². The monoisotopic (exact) mass is 340 g/mol. The molecule has 9 nitrogen and oxygen atoms in total. The number of aliphatic imine (C=N–C) groups is 1. The number of nitro groups is 2. The van der Waals surface area contributed by atoms with Crippen molar-refractivity contribution in [1.29, 1.82) is 0 Å². The Kier molecular flexibility index (Phi) is 3.97. The fourth-order valence-corrected chi connectivity index (χ4v) is 2.66. The van der Waals surface area contributed by atoms with Crippen molar-refractivity contribution in [1.82, 2.24) is 0 Å². The molecule has 25 heavy (non-hydrogen) atoms. The highest BCUT2D eigenvalue weighted by atomic mass is 16.6. The highest BCUT2D eigenvalue weighted by Gasteiger charge is 2.28. The van der Waals surface area contributed by atoms with Gasteiger partial charge in [-0.3, -0.25) is 30.0 Å². The van der Waals surface area contributed by atoms with Crippen molar-refractivity contribution in [2.24, 2.45) is 4.99 Å². The highest BCUT2D eigenvalue weighted by molar-refractivity contribution is 6.21. The van der Waals surface area contributed by atoms with Gasteiger partial charge in [0.25, 0.3) is 11.4 Å². The number of benzodiazepines with no additional fused rings is 1. The van der Waals surface area contributed by atoms with Gasteiger partial charge in [-0.2, -0.15) is 0 Å². The Morgan fingerprint density at radius 2 is 1.76 bits per heavy atom. The second-order valence-corrected chi connectivity index (χ2v) is 5.35. The number of hydrogen-bond donors (Lipinski definition) is 0. The molecule has 9 heteroatoms. The first-order valence-electron chi connectivity index (χ1n) is 7.23. The second-order valence-electron chi connectivity index (χ2n) is 5.35. The molecule has 0 aromatic heterocycles. The number of nitrogens with zero attached hydrogens (tertiary/aromatic N) is 4. The first-order valence-corrected chi connectivity index (χ1v) is 7.23. The molecule has 0 bridgehead atoms. The van der Waals surface area contributed by atoms with E-state index < -0.39 is 9.85 Å². The number of non-ortho nitro benzene ring substituents is 1.